The minimum absolute atomic E-state index is 0.395. The predicted octanol–water partition coefficient (Wildman–Crippen LogP) is 4.99. The number of nitrogens with one attached hydrogen (secondary N) is 1. The summed E-state index contributed by atoms with van der Waals surface area (Å²) in [5.74, 6) is 0.716. The van der Waals surface area contributed by atoms with Gasteiger partial charge >= 0.3 is 0 Å². The molecule has 1 aromatic carbocycles. The van der Waals surface area contributed by atoms with E-state index in [1.165, 1.54) is 37.4 Å². The smallest absolute Gasteiger partial charge is 0.130 e. The third kappa shape index (κ3) is 2.54. The molecule has 2 aromatic rings. The summed E-state index contributed by atoms with van der Waals surface area (Å²) in [6.45, 7) is 2.21. The largest absolute Gasteiger partial charge is 0.379 e. The maximum Gasteiger partial charge on any atom is 0.130 e. The van der Waals surface area contributed by atoms with Crippen LogP contribution in [-0.2, 0) is 0 Å². The lowest BCUT2D eigenvalue weighted by Crippen LogP contribution is -2.24. The highest BCUT2D eigenvalue weighted by molar-refractivity contribution is 7.00. The Morgan fingerprint density at radius 1 is 1.21 bits per heavy atom. The van der Waals surface area contributed by atoms with Gasteiger partial charge in [0.25, 0.3) is 0 Å². The van der Waals surface area contributed by atoms with Gasteiger partial charge in [-0.25, -0.2) is 0 Å². The molecule has 3 rings (SSSR count). The number of rotatable bonds is 3. The van der Waals surface area contributed by atoms with Gasteiger partial charge in [-0.05, 0) is 31.7 Å². The second kappa shape index (κ2) is 5.43. The molecule has 0 aliphatic heterocycles. The van der Waals surface area contributed by atoms with Crippen LogP contribution in [-0.4, -0.2) is 14.8 Å². The topological polar surface area (TPSA) is 37.8 Å². The summed E-state index contributed by atoms with van der Waals surface area (Å²) in [5.41, 5.74) is 2.39. The number of anilines is 1. The molecule has 3 nitrogen and oxygen atoms in total. The summed E-state index contributed by atoms with van der Waals surface area (Å²) in [6, 6.07) is 2.14. The van der Waals surface area contributed by atoms with Crippen molar-refractivity contribution in [3.8, 4) is 0 Å². The van der Waals surface area contributed by atoms with E-state index in [-0.39, 0.29) is 0 Å². The monoisotopic (exact) mass is 315 g/mol. The first-order valence-corrected chi connectivity index (χ1v) is 8.02. The van der Waals surface area contributed by atoms with E-state index in [4.69, 9.17) is 23.2 Å². The first kappa shape index (κ1) is 13.4. The predicted molar refractivity (Wildman–Crippen MR) is 82.5 cm³/mol. The minimum atomic E-state index is 0.395. The van der Waals surface area contributed by atoms with Gasteiger partial charge in [-0.15, -0.1) is 0 Å². The molecule has 102 valence electrons. The van der Waals surface area contributed by atoms with E-state index >= 15 is 0 Å². The van der Waals surface area contributed by atoms with E-state index in [1.54, 1.807) is 6.07 Å². The lowest BCUT2D eigenvalue weighted by molar-refractivity contribution is 0.482. The molecule has 19 heavy (non-hydrogen) atoms. The number of hydrogen-bond acceptors (Lipinski definition) is 4. The zero-order chi connectivity index (χ0) is 13.4. The van der Waals surface area contributed by atoms with Crippen molar-refractivity contribution in [2.24, 2.45) is 5.92 Å². The van der Waals surface area contributed by atoms with Gasteiger partial charge in [-0.2, -0.15) is 8.75 Å². The van der Waals surface area contributed by atoms with Gasteiger partial charge in [-0.3, -0.25) is 0 Å². The third-order valence-electron chi connectivity index (χ3n) is 3.92. The average Bonchev–Trinajstić information content (AvgIpc) is 3.04. The van der Waals surface area contributed by atoms with Crippen molar-refractivity contribution >= 4 is 51.7 Å². The van der Waals surface area contributed by atoms with Gasteiger partial charge in [0, 0.05) is 6.04 Å². The third-order valence-corrected chi connectivity index (χ3v) is 5.04. The SMILES string of the molecule is CC(Nc1c(Cl)cc(Cl)c2nsnc12)C1CCCC1. The van der Waals surface area contributed by atoms with Crippen LogP contribution < -0.4 is 5.32 Å². The van der Waals surface area contributed by atoms with E-state index in [2.05, 4.69) is 21.0 Å². The van der Waals surface area contributed by atoms with Crippen LogP contribution in [0.1, 0.15) is 32.6 Å². The Bertz CT molecular complexity index is 593. The Hall–Kier alpha value is -0.580. The Morgan fingerprint density at radius 3 is 2.63 bits per heavy atom. The van der Waals surface area contributed by atoms with Crippen molar-refractivity contribution in [3.63, 3.8) is 0 Å². The molecule has 1 aliphatic carbocycles. The molecule has 0 amide bonds. The highest BCUT2D eigenvalue weighted by Gasteiger charge is 2.23. The summed E-state index contributed by atoms with van der Waals surface area (Å²) >= 11 is 13.6. The van der Waals surface area contributed by atoms with Gasteiger partial charge in [0.05, 0.1) is 27.5 Å². The number of aromatic nitrogens is 2. The van der Waals surface area contributed by atoms with Crippen LogP contribution in [0, 0.1) is 5.92 Å². The van der Waals surface area contributed by atoms with Crippen LogP contribution in [0.25, 0.3) is 11.0 Å². The van der Waals surface area contributed by atoms with Crippen molar-refractivity contribution < 1.29 is 0 Å². The Morgan fingerprint density at radius 2 is 1.89 bits per heavy atom. The summed E-state index contributed by atoms with van der Waals surface area (Å²) in [5, 5.41) is 4.71. The summed E-state index contributed by atoms with van der Waals surface area (Å²) in [6.07, 6.45) is 5.24. The van der Waals surface area contributed by atoms with Gasteiger partial charge in [-0.1, -0.05) is 36.0 Å². The van der Waals surface area contributed by atoms with Crippen molar-refractivity contribution in [2.75, 3.05) is 5.32 Å². The summed E-state index contributed by atoms with van der Waals surface area (Å²) < 4.78 is 8.54. The van der Waals surface area contributed by atoms with E-state index in [1.807, 2.05) is 0 Å². The fourth-order valence-corrected chi connectivity index (χ4v) is 3.98. The standard InChI is InChI=1S/C13H15Cl2N3S/c1-7(8-4-2-3-5-8)16-11-9(14)6-10(15)12-13(11)18-19-17-12/h6-8,16H,2-5H2,1H3. The van der Waals surface area contributed by atoms with Crippen molar-refractivity contribution in [2.45, 2.75) is 38.6 Å². The van der Waals surface area contributed by atoms with Crippen LogP contribution in [0.5, 0.6) is 0 Å². The van der Waals surface area contributed by atoms with Crippen LogP contribution in [0.2, 0.25) is 10.0 Å². The molecule has 1 heterocycles. The minimum Gasteiger partial charge on any atom is -0.379 e. The first-order valence-electron chi connectivity index (χ1n) is 6.53. The molecule has 1 aliphatic rings. The molecule has 0 radical (unpaired) electrons. The van der Waals surface area contributed by atoms with Gasteiger partial charge < -0.3 is 5.32 Å². The lowest BCUT2D eigenvalue weighted by Gasteiger charge is -2.22. The molecule has 0 bridgehead atoms. The van der Waals surface area contributed by atoms with Gasteiger partial charge in [0.15, 0.2) is 0 Å². The van der Waals surface area contributed by atoms with Crippen LogP contribution >= 0.6 is 34.9 Å². The fourth-order valence-electron chi connectivity index (χ4n) is 2.81. The molecule has 1 aromatic heterocycles. The van der Waals surface area contributed by atoms with Gasteiger partial charge in [0.2, 0.25) is 0 Å². The Labute approximate surface area is 126 Å². The molecule has 1 N–H and O–H groups in total. The summed E-state index contributed by atoms with van der Waals surface area (Å²) in [4.78, 5) is 0. The van der Waals surface area contributed by atoms with E-state index in [9.17, 15) is 0 Å². The molecule has 1 fully saturated rings. The fraction of sp³-hybridized carbons (Fsp3) is 0.538. The molecule has 1 unspecified atom stereocenters. The van der Waals surface area contributed by atoms with E-state index in [0.29, 0.717) is 22.0 Å². The maximum atomic E-state index is 6.31. The Balaban J connectivity index is 1.93. The second-order valence-corrected chi connectivity index (χ2v) is 6.50. The molecule has 6 heteroatoms. The van der Waals surface area contributed by atoms with Crippen molar-refractivity contribution in [1.29, 1.82) is 0 Å². The highest BCUT2D eigenvalue weighted by Crippen LogP contribution is 2.37. The molecular weight excluding hydrogens is 301 g/mol. The average molecular weight is 316 g/mol. The van der Waals surface area contributed by atoms with Crippen LogP contribution in [0.3, 0.4) is 0 Å². The summed E-state index contributed by atoms with van der Waals surface area (Å²) in [7, 11) is 0. The lowest BCUT2D eigenvalue weighted by atomic mass is 9.99. The van der Waals surface area contributed by atoms with E-state index < -0.39 is 0 Å². The van der Waals surface area contributed by atoms with Crippen molar-refractivity contribution in [1.82, 2.24) is 8.75 Å². The normalized spacial score (nSPS) is 18.1. The molecule has 0 saturated heterocycles. The molecular formula is C13H15Cl2N3S. The maximum absolute atomic E-state index is 6.31. The van der Waals surface area contributed by atoms with Crippen LogP contribution in [0.15, 0.2) is 6.07 Å². The number of halogens is 2. The molecule has 1 atom stereocenters. The van der Waals surface area contributed by atoms with Gasteiger partial charge in [0.1, 0.15) is 11.0 Å². The number of benzene rings is 1. The first-order chi connectivity index (χ1) is 9.16. The zero-order valence-electron chi connectivity index (χ0n) is 10.6. The Kier molecular flexibility index (Phi) is 3.83. The number of hydrogen-bond donors (Lipinski definition) is 1. The zero-order valence-corrected chi connectivity index (χ0v) is 12.9. The van der Waals surface area contributed by atoms with Crippen molar-refractivity contribution in [3.05, 3.63) is 16.1 Å². The number of nitrogens with zero attached hydrogens (tertiary/aromatic N) is 2. The second-order valence-electron chi connectivity index (χ2n) is 5.15. The quantitative estimate of drug-likeness (QED) is 0.867. The van der Waals surface area contributed by atoms with Crippen LogP contribution in [0.4, 0.5) is 5.69 Å². The molecule has 0 spiro atoms. The molecule has 1 saturated carbocycles. The van der Waals surface area contributed by atoms with E-state index in [0.717, 1.165) is 16.7 Å². The highest BCUT2D eigenvalue weighted by atomic mass is 35.5. The number of fused-ring (bicyclic) bond motifs is 1.